The van der Waals surface area contributed by atoms with Gasteiger partial charge in [-0.3, -0.25) is 9.69 Å². The van der Waals surface area contributed by atoms with Gasteiger partial charge < -0.3 is 19.6 Å². The maximum Gasteiger partial charge on any atom is 0.321 e. The Morgan fingerprint density at radius 1 is 1.09 bits per heavy atom. The summed E-state index contributed by atoms with van der Waals surface area (Å²) < 4.78 is 5.36. The standard InChI is InChI=1S/C28H43N3O4/c1-4-35-19-8-12-24(32)20-30-21-26(31(25(30)33)22-27(34)13-9-14-27)15-17-28(18-16-26,29(2)3)23-10-6-5-7-11-23/h5-7,10-11,34H,4,8-9,12-22H2,1-3H3. The van der Waals surface area contributed by atoms with Crippen LogP contribution in [0.3, 0.4) is 0 Å². The lowest BCUT2D eigenvalue weighted by Gasteiger charge is -2.52. The highest BCUT2D eigenvalue weighted by molar-refractivity contribution is 5.87. The molecule has 1 aromatic rings. The number of benzene rings is 1. The number of β-amino-alcohol motifs (C(OH)–C–C–N with tert-alkyl or cyclic N) is 1. The van der Waals surface area contributed by atoms with Crippen LogP contribution < -0.4 is 0 Å². The van der Waals surface area contributed by atoms with Gasteiger partial charge in [0.25, 0.3) is 0 Å². The normalized spacial score (nSPS) is 28.1. The van der Waals surface area contributed by atoms with Crippen LogP contribution in [0.15, 0.2) is 30.3 Å². The number of hydrogen-bond donors (Lipinski definition) is 1. The highest BCUT2D eigenvalue weighted by atomic mass is 16.5. The number of Topliss-reactive ketones (excluding diaryl/α,β-unsaturated/α-hetero) is 1. The third-order valence-electron chi connectivity index (χ3n) is 8.79. The Balaban J connectivity index is 1.51. The van der Waals surface area contributed by atoms with Crippen molar-refractivity contribution in [2.24, 2.45) is 0 Å². The summed E-state index contributed by atoms with van der Waals surface area (Å²) in [7, 11) is 4.29. The zero-order chi connectivity index (χ0) is 25.1. The molecule has 3 aliphatic rings. The molecule has 1 spiro atoms. The average molecular weight is 486 g/mol. The Hall–Kier alpha value is -1.96. The lowest BCUT2D eigenvalue weighted by molar-refractivity contribution is -0.119. The number of ether oxygens (including phenoxy) is 1. The summed E-state index contributed by atoms with van der Waals surface area (Å²) in [5.74, 6) is 0.0835. The Morgan fingerprint density at radius 2 is 1.77 bits per heavy atom. The number of carbonyl (C=O) groups is 2. The van der Waals surface area contributed by atoms with Crippen LogP contribution in [0.25, 0.3) is 0 Å². The van der Waals surface area contributed by atoms with Crippen molar-refractivity contribution in [3.8, 4) is 0 Å². The van der Waals surface area contributed by atoms with Crippen LogP contribution in [0.2, 0.25) is 0 Å². The maximum atomic E-state index is 13.6. The van der Waals surface area contributed by atoms with Crippen LogP contribution in [0.5, 0.6) is 0 Å². The van der Waals surface area contributed by atoms with Crippen LogP contribution >= 0.6 is 0 Å². The van der Waals surface area contributed by atoms with Crippen molar-refractivity contribution in [2.75, 3.05) is 46.9 Å². The van der Waals surface area contributed by atoms with Crippen molar-refractivity contribution in [2.45, 2.75) is 81.4 Å². The van der Waals surface area contributed by atoms with Gasteiger partial charge in [0, 0.05) is 31.7 Å². The minimum atomic E-state index is -0.782. The molecule has 2 aliphatic carbocycles. The zero-order valence-electron chi connectivity index (χ0n) is 21.8. The van der Waals surface area contributed by atoms with E-state index in [1.165, 1.54) is 5.56 Å². The molecule has 1 N–H and O–H groups in total. The summed E-state index contributed by atoms with van der Waals surface area (Å²) in [5.41, 5.74) is 0.129. The molecule has 2 amide bonds. The lowest BCUT2D eigenvalue weighted by atomic mass is 9.67. The Kier molecular flexibility index (Phi) is 7.89. The molecule has 1 aromatic carbocycles. The number of nitrogens with zero attached hydrogens (tertiary/aromatic N) is 3. The fourth-order valence-electron chi connectivity index (χ4n) is 6.39. The summed E-state index contributed by atoms with van der Waals surface area (Å²) >= 11 is 0. The molecule has 2 saturated carbocycles. The van der Waals surface area contributed by atoms with E-state index in [0.29, 0.717) is 39.1 Å². The van der Waals surface area contributed by atoms with E-state index < -0.39 is 5.60 Å². The topological polar surface area (TPSA) is 73.3 Å². The zero-order valence-corrected chi connectivity index (χ0v) is 21.8. The molecule has 3 fully saturated rings. The van der Waals surface area contributed by atoms with Crippen molar-refractivity contribution in [3.05, 3.63) is 35.9 Å². The van der Waals surface area contributed by atoms with Gasteiger partial charge >= 0.3 is 6.03 Å². The van der Waals surface area contributed by atoms with Crippen LogP contribution in [-0.2, 0) is 15.1 Å². The number of ketones is 1. The molecule has 35 heavy (non-hydrogen) atoms. The van der Waals surface area contributed by atoms with Gasteiger partial charge in [0.1, 0.15) is 0 Å². The number of hydrogen-bond acceptors (Lipinski definition) is 5. The van der Waals surface area contributed by atoms with Crippen LogP contribution in [0, 0.1) is 0 Å². The van der Waals surface area contributed by atoms with E-state index in [9.17, 15) is 14.7 Å². The second kappa shape index (κ2) is 10.6. The second-order valence-electron chi connectivity index (χ2n) is 11.2. The van der Waals surface area contributed by atoms with E-state index in [2.05, 4.69) is 49.3 Å². The number of amides is 2. The average Bonchev–Trinajstić information content (AvgIpc) is 3.07. The van der Waals surface area contributed by atoms with E-state index in [1.54, 1.807) is 4.90 Å². The fraction of sp³-hybridized carbons (Fsp3) is 0.714. The first-order chi connectivity index (χ1) is 16.7. The van der Waals surface area contributed by atoms with Gasteiger partial charge in [0.15, 0.2) is 5.78 Å². The van der Waals surface area contributed by atoms with Crippen LogP contribution in [0.1, 0.15) is 70.3 Å². The van der Waals surface area contributed by atoms with E-state index >= 15 is 0 Å². The van der Waals surface area contributed by atoms with Crippen LogP contribution in [-0.4, -0.2) is 89.7 Å². The fourth-order valence-corrected chi connectivity index (χ4v) is 6.39. The molecule has 0 atom stereocenters. The van der Waals surface area contributed by atoms with Gasteiger partial charge in [0.2, 0.25) is 0 Å². The Bertz CT molecular complexity index is 875. The Labute approximate surface area is 210 Å². The predicted molar refractivity (Wildman–Crippen MR) is 136 cm³/mol. The summed E-state index contributed by atoms with van der Waals surface area (Å²) in [5, 5.41) is 11.0. The quantitative estimate of drug-likeness (QED) is 0.483. The molecule has 7 nitrogen and oxygen atoms in total. The molecule has 1 saturated heterocycles. The van der Waals surface area contributed by atoms with Gasteiger partial charge in [-0.25, -0.2) is 4.79 Å². The maximum absolute atomic E-state index is 13.6. The molecule has 1 aliphatic heterocycles. The molecule has 0 aromatic heterocycles. The third-order valence-corrected chi connectivity index (χ3v) is 8.79. The van der Waals surface area contributed by atoms with E-state index in [4.69, 9.17) is 4.74 Å². The first kappa shape index (κ1) is 26.1. The van der Waals surface area contributed by atoms with Gasteiger partial charge in [-0.2, -0.15) is 0 Å². The number of rotatable bonds is 11. The monoisotopic (exact) mass is 485 g/mol. The van der Waals surface area contributed by atoms with Crippen LogP contribution in [0.4, 0.5) is 4.79 Å². The summed E-state index contributed by atoms with van der Waals surface area (Å²) in [6.07, 6.45) is 7.19. The SMILES string of the molecule is CCOCCCC(=O)CN1CC2(CCC(c3ccccc3)(N(C)C)CC2)N(CC2(O)CCC2)C1=O. The van der Waals surface area contributed by atoms with E-state index in [1.807, 2.05) is 11.8 Å². The van der Waals surface area contributed by atoms with Crippen molar-refractivity contribution in [1.29, 1.82) is 0 Å². The minimum Gasteiger partial charge on any atom is -0.388 e. The Morgan fingerprint density at radius 3 is 2.34 bits per heavy atom. The molecule has 0 bridgehead atoms. The van der Waals surface area contributed by atoms with Crippen molar-refractivity contribution in [3.63, 3.8) is 0 Å². The molecule has 0 unspecified atom stereocenters. The summed E-state index contributed by atoms with van der Waals surface area (Å²) in [6.45, 7) is 4.27. The number of aliphatic hydroxyl groups is 1. The van der Waals surface area contributed by atoms with Crippen molar-refractivity contribution in [1.82, 2.24) is 14.7 Å². The highest BCUT2D eigenvalue weighted by Crippen LogP contribution is 2.50. The molecular weight excluding hydrogens is 442 g/mol. The summed E-state index contributed by atoms with van der Waals surface area (Å²) in [4.78, 5) is 32.3. The molecular formula is C28H43N3O4. The van der Waals surface area contributed by atoms with Gasteiger partial charge in [-0.15, -0.1) is 0 Å². The smallest absolute Gasteiger partial charge is 0.321 e. The first-order valence-corrected chi connectivity index (χ1v) is 13.4. The highest BCUT2D eigenvalue weighted by Gasteiger charge is 2.56. The lowest BCUT2D eigenvalue weighted by Crippen LogP contribution is -2.59. The molecule has 4 rings (SSSR count). The first-order valence-electron chi connectivity index (χ1n) is 13.4. The number of urea groups is 1. The number of carbonyl (C=O) groups excluding carboxylic acids is 2. The second-order valence-corrected chi connectivity index (χ2v) is 11.2. The third kappa shape index (κ3) is 5.27. The minimum absolute atomic E-state index is 0.0723. The van der Waals surface area contributed by atoms with Gasteiger partial charge in [0.05, 0.1) is 24.2 Å². The van der Waals surface area contributed by atoms with Gasteiger partial charge in [-0.1, -0.05) is 30.3 Å². The summed E-state index contributed by atoms with van der Waals surface area (Å²) in [6, 6.07) is 10.6. The molecule has 194 valence electrons. The van der Waals surface area contributed by atoms with E-state index in [0.717, 1.165) is 44.9 Å². The van der Waals surface area contributed by atoms with Crippen molar-refractivity contribution < 1.29 is 19.4 Å². The predicted octanol–water partition coefficient (Wildman–Crippen LogP) is 3.79. The van der Waals surface area contributed by atoms with Crippen molar-refractivity contribution >= 4 is 11.8 Å². The molecule has 1 heterocycles. The molecule has 0 radical (unpaired) electrons. The molecule has 7 heteroatoms. The van der Waals surface area contributed by atoms with E-state index in [-0.39, 0.29) is 29.4 Å². The van der Waals surface area contributed by atoms with Gasteiger partial charge in [-0.05, 0) is 77.9 Å². The largest absolute Gasteiger partial charge is 0.388 e.